The van der Waals surface area contributed by atoms with E-state index in [1.54, 1.807) is 0 Å². The monoisotopic (exact) mass is 250 g/mol. The van der Waals surface area contributed by atoms with Crippen LogP contribution in [0.15, 0.2) is 12.1 Å². The number of halogens is 3. The van der Waals surface area contributed by atoms with Crippen molar-refractivity contribution < 1.29 is 13.5 Å². The van der Waals surface area contributed by atoms with Crippen LogP contribution in [0.1, 0.15) is 0 Å². The molecule has 1 aromatic carbocycles. The number of aromatic nitrogens is 2. The molecule has 1 aromatic heterocycles. The Morgan fingerprint density at radius 1 is 1.27 bits per heavy atom. The van der Waals surface area contributed by atoms with Crippen LogP contribution in [0.4, 0.5) is 8.78 Å². The van der Waals surface area contributed by atoms with E-state index < -0.39 is 6.61 Å². The lowest BCUT2D eigenvalue weighted by Crippen LogP contribution is -2.02. The van der Waals surface area contributed by atoms with E-state index in [2.05, 4.69) is 14.7 Å². The van der Waals surface area contributed by atoms with Crippen molar-refractivity contribution in [2.45, 2.75) is 6.61 Å². The van der Waals surface area contributed by atoms with Gasteiger partial charge in [-0.15, -0.1) is 0 Å². The highest BCUT2D eigenvalue weighted by atomic mass is 35.5. The van der Waals surface area contributed by atoms with E-state index in [1.165, 1.54) is 12.1 Å². The maximum Gasteiger partial charge on any atom is 0.387 e. The van der Waals surface area contributed by atoms with Crippen molar-refractivity contribution in [2.24, 2.45) is 0 Å². The summed E-state index contributed by atoms with van der Waals surface area (Å²) < 4.78 is 28.6. The Morgan fingerprint density at radius 2 is 1.87 bits per heavy atom. The molecule has 2 aromatic rings. The zero-order valence-electron chi connectivity index (χ0n) is 7.18. The summed E-state index contributed by atoms with van der Waals surface area (Å²) in [5.74, 6) is -0.0792. The second-order valence-corrected chi connectivity index (χ2v) is 3.60. The van der Waals surface area contributed by atoms with Gasteiger partial charge in [0.1, 0.15) is 5.75 Å². The molecular weight excluding hydrogens is 246 g/mol. The molecule has 0 fully saturated rings. The first-order chi connectivity index (χ1) is 7.06. The molecule has 0 atom stereocenters. The first-order valence-electron chi connectivity index (χ1n) is 3.92. The molecule has 0 saturated heterocycles. The number of fused-ring (bicyclic) bond motifs is 1. The topological polar surface area (TPSA) is 40.8 Å². The zero-order chi connectivity index (χ0) is 11.0. The van der Waals surface area contributed by atoms with Gasteiger partial charge < -0.3 is 14.7 Å². The van der Waals surface area contributed by atoms with Gasteiger partial charge in [-0.2, -0.15) is 8.78 Å². The summed E-state index contributed by atoms with van der Waals surface area (Å²) in [5, 5.41) is 0.105. The fourth-order valence-corrected chi connectivity index (χ4v) is 1.65. The minimum absolute atomic E-state index is 0.0792. The van der Waals surface area contributed by atoms with Gasteiger partial charge in [0.2, 0.25) is 0 Å². The van der Waals surface area contributed by atoms with Crippen molar-refractivity contribution in [3.05, 3.63) is 21.9 Å². The van der Waals surface area contributed by atoms with E-state index in [0.29, 0.717) is 15.8 Å². The van der Waals surface area contributed by atoms with Gasteiger partial charge >= 0.3 is 6.61 Å². The van der Waals surface area contributed by atoms with Gasteiger partial charge in [-0.25, -0.2) is 0 Å². The van der Waals surface area contributed by atoms with Crippen molar-refractivity contribution in [2.75, 3.05) is 0 Å². The van der Waals surface area contributed by atoms with E-state index in [4.69, 9.17) is 23.8 Å². The molecule has 7 heteroatoms. The Bertz CT molecular complexity index is 551. The molecule has 1 heterocycles. The number of H-pyrrole nitrogens is 2. The van der Waals surface area contributed by atoms with Gasteiger partial charge in [0.25, 0.3) is 0 Å². The van der Waals surface area contributed by atoms with E-state index >= 15 is 0 Å². The van der Waals surface area contributed by atoms with E-state index in [1.807, 2.05) is 0 Å². The summed E-state index contributed by atoms with van der Waals surface area (Å²) in [5.41, 5.74) is 1.21. The van der Waals surface area contributed by atoms with E-state index in [0.717, 1.165) is 0 Å². The molecule has 2 rings (SSSR count). The predicted molar refractivity (Wildman–Crippen MR) is 55.1 cm³/mol. The lowest BCUT2D eigenvalue weighted by Gasteiger charge is -2.05. The van der Waals surface area contributed by atoms with E-state index in [-0.39, 0.29) is 10.8 Å². The highest BCUT2D eigenvalue weighted by Crippen LogP contribution is 2.29. The molecule has 0 aliphatic rings. The molecule has 0 aliphatic heterocycles. The van der Waals surface area contributed by atoms with Gasteiger partial charge in [0, 0.05) is 6.07 Å². The summed E-state index contributed by atoms with van der Waals surface area (Å²) in [6.07, 6.45) is 0. The van der Waals surface area contributed by atoms with Crippen molar-refractivity contribution in [1.82, 2.24) is 9.97 Å². The Kier molecular flexibility index (Phi) is 2.62. The van der Waals surface area contributed by atoms with Crippen LogP contribution in [0.2, 0.25) is 5.02 Å². The van der Waals surface area contributed by atoms with Gasteiger partial charge in [0.05, 0.1) is 16.1 Å². The van der Waals surface area contributed by atoms with E-state index in [9.17, 15) is 8.78 Å². The molecule has 0 radical (unpaired) electrons. The molecule has 0 unspecified atom stereocenters. The predicted octanol–water partition coefficient (Wildman–Crippen LogP) is 3.48. The number of alkyl halides is 2. The summed E-state index contributed by atoms with van der Waals surface area (Å²) in [4.78, 5) is 5.59. The van der Waals surface area contributed by atoms with Crippen LogP contribution in [0.5, 0.6) is 5.75 Å². The second kappa shape index (κ2) is 3.79. The Balaban J connectivity index is 2.56. The number of imidazole rings is 1. The zero-order valence-corrected chi connectivity index (χ0v) is 8.75. The SMILES string of the molecule is FC(F)Oc1cc2[nH]c(=S)[nH]c2cc1Cl. The van der Waals surface area contributed by atoms with Crippen LogP contribution in [-0.2, 0) is 0 Å². The summed E-state index contributed by atoms with van der Waals surface area (Å²) in [7, 11) is 0. The molecule has 0 saturated carbocycles. The van der Waals surface area contributed by atoms with Crippen LogP contribution >= 0.6 is 23.8 Å². The maximum absolute atomic E-state index is 12.0. The first-order valence-corrected chi connectivity index (χ1v) is 4.71. The smallest absolute Gasteiger partial charge is 0.387 e. The highest BCUT2D eigenvalue weighted by Gasteiger charge is 2.10. The number of ether oxygens (including phenoxy) is 1. The number of hydrogen-bond donors (Lipinski definition) is 2. The third-order valence-corrected chi connectivity index (χ3v) is 2.28. The summed E-state index contributed by atoms with van der Waals surface area (Å²) in [6.45, 7) is -2.90. The number of rotatable bonds is 2. The van der Waals surface area contributed by atoms with Crippen molar-refractivity contribution in [3.8, 4) is 5.75 Å². The molecule has 0 spiro atoms. The molecule has 3 nitrogen and oxygen atoms in total. The molecule has 0 aliphatic carbocycles. The molecular formula is C8H5ClF2N2OS. The number of benzene rings is 1. The van der Waals surface area contributed by atoms with Crippen LogP contribution in [-0.4, -0.2) is 16.6 Å². The molecule has 80 valence electrons. The van der Waals surface area contributed by atoms with Crippen LogP contribution < -0.4 is 4.74 Å². The molecule has 0 bridgehead atoms. The molecule has 15 heavy (non-hydrogen) atoms. The quantitative estimate of drug-likeness (QED) is 0.801. The lowest BCUT2D eigenvalue weighted by atomic mass is 10.3. The fourth-order valence-electron chi connectivity index (χ4n) is 1.22. The second-order valence-electron chi connectivity index (χ2n) is 2.79. The minimum atomic E-state index is -2.90. The average molecular weight is 251 g/mol. The summed E-state index contributed by atoms with van der Waals surface area (Å²) in [6, 6.07) is 2.84. The Morgan fingerprint density at radius 3 is 2.47 bits per heavy atom. The largest absolute Gasteiger partial charge is 0.433 e. The highest BCUT2D eigenvalue weighted by molar-refractivity contribution is 7.71. The minimum Gasteiger partial charge on any atom is -0.433 e. The first kappa shape index (κ1) is 10.4. The number of nitrogens with one attached hydrogen (secondary N) is 2. The van der Waals surface area contributed by atoms with Gasteiger partial charge in [-0.05, 0) is 18.3 Å². The van der Waals surface area contributed by atoms with Crippen molar-refractivity contribution in [1.29, 1.82) is 0 Å². The van der Waals surface area contributed by atoms with Crippen LogP contribution in [0.25, 0.3) is 11.0 Å². The van der Waals surface area contributed by atoms with Gasteiger partial charge in [-0.3, -0.25) is 0 Å². The Labute approximate surface area is 93.0 Å². The normalized spacial score (nSPS) is 11.2. The number of hydrogen-bond acceptors (Lipinski definition) is 2. The Hall–Kier alpha value is -1.14. The maximum atomic E-state index is 12.0. The molecule has 0 amide bonds. The lowest BCUT2D eigenvalue weighted by molar-refractivity contribution is -0.0496. The van der Waals surface area contributed by atoms with Crippen LogP contribution in [0.3, 0.4) is 0 Å². The summed E-state index contributed by atoms with van der Waals surface area (Å²) >= 11 is 10.6. The van der Waals surface area contributed by atoms with Crippen LogP contribution in [0, 0.1) is 4.77 Å². The fraction of sp³-hybridized carbons (Fsp3) is 0.125. The van der Waals surface area contributed by atoms with Gasteiger partial charge in [0.15, 0.2) is 4.77 Å². The van der Waals surface area contributed by atoms with Crippen molar-refractivity contribution in [3.63, 3.8) is 0 Å². The average Bonchev–Trinajstić information content (AvgIpc) is 2.44. The standard InChI is InChI=1S/C8H5ClF2N2OS/c9-3-1-4-5(13-8(15)12-4)2-6(3)14-7(10)11/h1-2,7H,(H2,12,13,15). The third kappa shape index (κ3) is 2.10. The van der Waals surface area contributed by atoms with Gasteiger partial charge in [-0.1, -0.05) is 11.6 Å². The molecule has 2 N–H and O–H groups in total. The number of aromatic amines is 2. The third-order valence-electron chi connectivity index (χ3n) is 1.78. The van der Waals surface area contributed by atoms with Crippen molar-refractivity contribution >= 4 is 34.9 Å².